The fourth-order valence-corrected chi connectivity index (χ4v) is 3.38. The van der Waals surface area contributed by atoms with Crippen molar-refractivity contribution in [2.45, 2.75) is 13.8 Å². The molecule has 33 heavy (non-hydrogen) atoms. The lowest BCUT2D eigenvalue weighted by Crippen LogP contribution is -2.14. The van der Waals surface area contributed by atoms with Crippen LogP contribution in [-0.4, -0.2) is 23.9 Å². The van der Waals surface area contributed by atoms with Gasteiger partial charge >= 0.3 is 0 Å². The minimum Gasteiger partial charge on any atom is -0.495 e. The van der Waals surface area contributed by atoms with E-state index in [0.29, 0.717) is 34.3 Å². The van der Waals surface area contributed by atoms with Crippen LogP contribution in [0.2, 0.25) is 0 Å². The van der Waals surface area contributed by atoms with Crippen molar-refractivity contribution < 1.29 is 18.7 Å². The molecule has 0 aliphatic rings. The van der Waals surface area contributed by atoms with Crippen molar-refractivity contribution in [3.63, 3.8) is 0 Å². The van der Waals surface area contributed by atoms with Gasteiger partial charge in [-0.3, -0.25) is 9.59 Å². The topological polar surface area (TPSA) is 93.5 Å². The second-order valence-corrected chi connectivity index (χ2v) is 7.48. The molecule has 0 aliphatic heterocycles. The van der Waals surface area contributed by atoms with E-state index in [-0.39, 0.29) is 11.6 Å². The average Bonchev–Trinajstić information content (AvgIpc) is 3.26. The molecule has 0 saturated heterocycles. The first-order valence-electron chi connectivity index (χ1n) is 10.3. The highest BCUT2D eigenvalue weighted by atomic mass is 16.5. The molecule has 0 unspecified atom stereocenters. The second-order valence-electron chi connectivity index (χ2n) is 7.48. The number of aromatic nitrogens is 1. The van der Waals surface area contributed by atoms with Crippen LogP contribution in [0.3, 0.4) is 0 Å². The van der Waals surface area contributed by atoms with Crippen molar-refractivity contribution in [3.8, 4) is 28.5 Å². The largest absolute Gasteiger partial charge is 0.495 e. The first kappa shape index (κ1) is 21.8. The number of benzene rings is 3. The summed E-state index contributed by atoms with van der Waals surface area (Å²) in [6.07, 6.45) is 0. The van der Waals surface area contributed by atoms with Gasteiger partial charge in [0.05, 0.1) is 12.8 Å². The van der Waals surface area contributed by atoms with Gasteiger partial charge in [0.15, 0.2) is 11.5 Å². The molecule has 0 spiro atoms. The van der Waals surface area contributed by atoms with E-state index in [2.05, 4.69) is 15.6 Å². The van der Waals surface area contributed by atoms with Crippen LogP contribution in [0.1, 0.15) is 23.0 Å². The van der Waals surface area contributed by atoms with Gasteiger partial charge in [-0.25, -0.2) is 4.98 Å². The lowest BCUT2D eigenvalue weighted by atomic mass is 10.1. The van der Waals surface area contributed by atoms with Crippen LogP contribution in [0.4, 0.5) is 11.4 Å². The number of ether oxygens (including phenoxy) is 1. The maximum absolute atomic E-state index is 13.3. The zero-order chi connectivity index (χ0) is 23.4. The maximum Gasteiger partial charge on any atom is 0.278 e. The molecule has 0 aliphatic carbocycles. The number of methoxy groups -OCH3 is 1. The van der Waals surface area contributed by atoms with Crippen LogP contribution in [0.25, 0.3) is 22.8 Å². The predicted octanol–water partition coefficient (Wildman–Crippen LogP) is 5.54. The summed E-state index contributed by atoms with van der Waals surface area (Å²) in [4.78, 5) is 29.1. The van der Waals surface area contributed by atoms with Gasteiger partial charge in [-0.05, 0) is 61.0 Å². The number of hydrogen-bond acceptors (Lipinski definition) is 5. The molecule has 4 aromatic rings. The molecule has 7 nitrogen and oxygen atoms in total. The molecular weight excluding hydrogens is 418 g/mol. The number of aryl methyl sites for hydroxylation is 1. The Hall–Kier alpha value is -4.39. The molecule has 2 amide bonds. The summed E-state index contributed by atoms with van der Waals surface area (Å²) >= 11 is 0. The molecule has 0 radical (unpaired) electrons. The summed E-state index contributed by atoms with van der Waals surface area (Å²) in [5.41, 5.74) is 3.71. The minimum atomic E-state index is -0.425. The molecule has 3 aromatic carbocycles. The highest BCUT2D eigenvalue weighted by molar-refractivity contribution is 6.07. The van der Waals surface area contributed by atoms with Crippen molar-refractivity contribution >= 4 is 23.2 Å². The summed E-state index contributed by atoms with van der Waals surface area (Å²) in [5, 5.41) is 5.61. The smallest absolute Gasteiger partial charge is 0.278 e. The van der Waals surface area contributed by atoms with Gasteiger partial charge in [0.25, 0.3) is 5.91 Å². The highest BCUT2D eigenvalue weighted by Crippen LogP contribution is 2.32. The van der Waals surface area contributed by atoms with Gasteiger partial charge < -0.3 is 19.8 Å². The van der Waals surface area contributed by atoms with Crippen molar-refractivity contribution in [2.24, 2.45) is 0 Å². The van der Waals surface area contributed by atoms with E-state index in [1.807, 2.05) is 49.4 Å². The summed E-state index contributed by atoms with van der Waals surface area (Å²) in [6, 6.07) is 21.9. The Bertz CT molecular complexity index is 1300. The Balaban J connectivity index is 1.75. The number of nitrogens with zero attached hydrogens (tertiary/aromatic N) is 1. The predicted molar refractivity (Wildman–Crippen MR) is 127 cm³/mol. The lowest BCUT2D eigenvalue weighted by Gasteiger charge is -2.10. The van der Waals surface area contributed by atoms with Crippen LogP contribution >= 0.6 is 0 Å². The number of anilines is 2. The number of amides is 2. The van der Waals surface area contributed by atoms with E-state index >= 15 is 0 Å². The van der Waals surface area contributed by atoms with Crippen molar-refractivity contribution in [1.82, 2.24) is 4.98 Å². The quantitative estimate of drug-likeness (QED) is 0.410. The third-order valence-electron chi connectivity index (χ3n) is 4.93. The number of carbonyl (C=O) groups is 2. The third kappa shape index (κ3) is 4.93. The summed E-state index contributed by atoms with van der Waals surface area (Å²) in [6.45, 7) is 3.37. The summed E-state index contributed by atoms with van der Waals surface area (Å²) in [7, 11) is 1.55. The third-order valence-corrected chi connectivity index (χ3v) is 4.93. The maximum atomic E-state index is 13.3. The Kier molecular flexibility index (Phi) is 6.22. The zero-order valence-corrected chi connectivity index (χ0v) is 18.5. The molecule has 7 heteroatoms. The molecule has 0 atom stereocenters. The Labute approximate surface area is 191 Å². The number of rotatable bonds is 6. The number of oxazole rings is 1. The van der Waals surface area contributed by atoms with E-state index in [0.717, 1.165) is 11.1 Å². The fourth-order valence-electron chi connectivity index (χ4n) is 3.38. The van der Waals surface area contributed by atoms with E-state index < -0.39 is 5.91 Å². The molecule has 4 rings (SSSR count). The minimum absolute atomic E-state index is 0.143. The lowest BCUT2D eigenvalue weighted by molar-refractivity contribution is -0.114. The number of hydrogen-bond donors (Lipinski definition) is 2. The van der Waals surface area contributed by atoms with Gasteiger partial charge in [-0.15, -0.1) is 0 Å². The van der Waals surface area contributed by atoms with Crippen molar-refractivity contribution in [2.75, 3.05) is 17.7 Å². The van der Waals surface area contributed by atoms with Crippen molar-refractivity contribution in [3.05, 3.63) is 84.1 Å². The highest BCUT2D eigenvalue weighted by Gasteiger charge is 2.23. The normalized spacial score (nSPS) is 10.5. The zero-order valence-electron chi connectivity index (χ0n) is 18.5. The van der Waals surface area contributed by atoms with Crippen LogP contribution in [-0.2, 0) is 4.79 Å². The van der Waals surface area contributed by atoms with E-state index in [4.69, 9.17) is 9.15 Å². The average molecular weight is 441 g/mol. The number of carbonyl (C=O) groups excluding carboxylic acids is 2. The van der Waals surface area contributed by atoms with Crippen LogP contribution in [0.5, 0.6) is 5.75 Å². The molecule has 1 aromatic heterocycles. The molecule has 2 N–H and O–H groups in total. The standard InChI is InChI=1S/C26H23N3O4/c1-16-9-14-22(32-3)21(15-16)28-25(31)23-24(18-10-12-20(13-11-18)27-17(2)30)33-26(29-23)19-7-5-4-6-8-19/h4-15H,1-3H3,(H,27,30)(H,28,31). The first-order valence-corrected chi connectivity index (χ1v) is 10.3. The molecule has 1 heterocycles. The SMILES string of the molecule is COc1ccc(C)cc1NC(=O)c1nc(-c2ccccc2)oc1-c1ccc(NC(C)=O)cc1. The van der Waals surface area contributed by atoms with E-state index in [9.17, 15) is 9.59 Å². The van der Waals surface area contributed by atoms with Gasteiger partial charge in [-0.2, -0.15) is 0 Å². The van der Waals surface area contributed by atoms with Crippen molar-refractivity contribution in [1.29, 1.82) is 0 Å². The van der Waals surface area contributed by atoms with Gasteiger partial charge in [0.1, 0.15) is 5.75 Å². The molecular formula is C26H23N3O4. The monoisotopic (exact) mass is 441 g/mol. The first-order chi connectivity index (χ1) is 15.9. The van der Waals surface area contributed by atoms with Crippen LogP contribution in [0, 0.1) is 6.92 Å². The number of nitrogens with one attached hydrogen (secondary N) is 2. The van der Waals surface area contributed by atoms with Crippen LogP contribution < -0.4 is 15.4 Å². The van der Waals surface area contributed by atoms with E-state index in [1.165, 1.54) is 6.92 Å². The molecule has 166 valence electrons. The second kappa shape index (κ2) is 9.40. The summed E-state index contributed by atoms with van der Waals surface area (Å²) in [5.74, 6) is 0.610. The van der Waals surface area contributed by atoms with Gasteiger partial charge in [-0.1, -0.05) is 24.3 Å². The molecule has 0 bridgehead atoms. The Morgan fingerprint density at radius 1 is 0.909 bits per heavy atom. The molecule has 0 saturated carbocycles. The fraction of sp³-hybridized carbons (Fsp3) is 0.115. The van der Waals surface area contributed by atoms with Gasteiger partial charge in [0, 0.05) is 23.7 Å². The summed E-state index contributed by atoms with van der Waals surface area (Å²) < 4.78 is 11.4. The van der Waals surface area contributed by atoms with E-state index in [1.54, 1.807) is 37.4 Å². The Morgan fingerprint density at radius 2 is 1.64 bits per heavy atom. The Morgan fingerprint density at radius 3 is 2.30 bits per heavy atom. The molecule has 0 fully saturated rings. The van der Waals surface area contributed by atoms with Crippen LogP contribution in [0.15, 0.2) is 77.2 Å². The van der Waals surface area contributed by atoms with Gasteiger partial charge in [0.2, 0.25) is 11.8 Å².